The molecule has 2 nitrogen and oxygen atoms in total. The van der Waals surface area contributed by atoms with Gasteiger partial charge in [0.05, 0.1) is 18.8 Å². The SMILES string of the molecule is CCOCC(C)OC1CCCC1I. The number of halogens is 1. The van der Waals surface area contributed by atoms with Crippen molar-refractivity contribution in [3.05, 3.63) is 0 Å². The van der Waals surface area contributed by atoms with E-state index in [1.807, 2.05) is 6.92 Å². The average Bonchev–Trinajstić information content (AvgIpc) is 2.48. The van der Waals surface area contributed by atoms with Gasteiger partial charge in [-0.15, -0.1) is 0 Å². The van der Waals surface area contributed by atoms with Crippen molar-refractivity contribution < 1.29 is 9.47 Å². The van der Waals surface area contributed by atoms with Crippen LogP contribution in [0.5, 0.6) is 0 Å². The van der Waals surface area contributed by atoms with Crippen LogP contribution >= 0.6 is 22.6 Å². The quantitative estimate of drug-likeness (QED) is 0.574. The van der Waals surface area contributed by atoms with Crippen molar-refractivity contribution in [2.45, 2.75) is 49.2 Å². The Kier molecular flexibility index (Phi) is 5.58. The molecule has 0 spiro atoms. The Balaban J connectivity index is 2.15. The van der Waals surface area contributed by atoms with Gasteiger partial charge in [-0.05, 0) is 33.1 Å². The Hall–Kier alpha value is 0.650. The van der Waals surface area contributed by atoms with Crippen molar-refractivity contribution in [2.24, 2.45) is 0 Å². The van der Waals surface area contributed by atoms with Crippen LogP contribution in [0, 0.1) is 0 Å². The van der Waals surface area contributed by atoms with E-state index in [-0.39, 0.29) is 6.10 Å². The van der Waals surface area contributed by atoms with Crippen LogP contribution in [0.25, 0.3) is 0 Å². The lowest BCUT2D eigenvalue weighted by Crippen LogP contribution is -2.26. The summed E-state index contributed by atoms with van der Waals surface area (Å²) >= 11 is 2.50. The van der Waals surface area contributed by atoms with Gasteiger partial charge >= 0.3 is 0 Å². The first kappa shape index (κ1) is 11.7. The molecule has 0 bridgehead atoms. The summed E-state index contributed by atoms with van der Waals surface area (Å²) in [5.41, 5.74) is 0. The van der Waals surface area contributed by atoms with E-state index >= 15 is 0 Å². The molecular formula is C10H19IO2. The number of rotatable bonds is 5. The molecule has 3 heteroatoms. The van der Waals surface area contributed by atoms with Gasteiger partial charge in [0.1, 0.15) is 0 Å². The molecule has 1 fully saturated rings. The first-order valence-electron chi connectivity index (χ1n) is 5.11. The molecule has 78 valence electrons. The van der Waals surface area contributed by atoms with Crippen LogP contribution in [-0.4, -0.2) is 29.3 Å². The van der Waals surface area contributed by atoms with Gasteiger partial charge in [-0.1, -0.05) is 22.6 Å². The summed E-state index contributed by atoms with van der Waals surface area (Å²) in [6.07, 6.45) is 4.58. The Morgan fingerprint density at radius 1 is 1.46 bits per heavy atom. The van der Waals surface area contributed by atoms with Crippen LogP contribution in [-0.2, 0) is 9.47 Å². The molecule has 13 heavy (non-hydrogen) atoms. The van der Waals surface area contributed by atoms with Crippen LogP contribution in [0.2, 0.25) is 0 Å². The first-order chi connectivity index (χ1) is 6.24. The van der Waals surface area contributed by atoms with Gasteiger partial charge in [-0.25, -0.2) is 0 Å². The van der Waals surface area contributed by atoms with E-state index in [1.54, 1.807) is 0 Å². The summed E-state index contributed by atoms with van der Waals surface area (Å²) in [6, 6.07) is 0. The highest BCUT2D eigenvalue weighted by molar-refractivity contribution is 14.1. The van der Waals surface area contributed by atoms with E-state index in [4.69, 9.17) is 9.47 Å². The van der Waals surface area contributed by atoms with Crippen molar-refractivity contribution in [3.8, 4) is 0 Å². The highest BCUT2D eigenvalue weighted by Gasteiger charge is 2.26. The molecule has 1 rings (SSSR count). The van der Waals surface area contributed by atoms with Gasteiger partial charge in [0.2, 0.25) is 0 Å². The Labute approximate surface area is 94.5 Å². The Morgan fingerprint density at radius 2 is 2.23 bits per heavy atom. The molecule has 0 heterocycles. The van der Waals surface area contributed by atoms with Crippen molar-refractivity contribution in [1.82, 2.24) is 0 Å². The topological polar surface area (TPSA) is 18.5 Å². The third-order valence-electron chi connectivity index (χ3n) is 2.34. The molecule has 0 aromatic rings. The summed E-state index contributed by atoms with van der Waals surface area (Å²) in [5, 5.41) is 0. The number of alkyl halides is 1. The minimum atomic E-state index is 0.250. The summed E-state index contributed by atoms with van der Waals surface area (Å²) in [4.78, 5) is 0. The predicted octanol–water partition coefficient (Wildman–Crippen LogP) is 2.78. The molecule has 0 aromatic heterocycles. The number of ether oxygens (including phenoxy) is 2. The highest BCUT2D eigenvalue weighted by atomic mass is 127. The largest absolute Gasteiger partial charge is 0.379 e. The summed E-state index contributed by atoms with van der Waals surface area (Å²) in [5.74, 6) is 0. The maximum Gasteiger partial charge on any atom is 0.0784 e. The summed E-state index contributed by atoms with van der Waals surface area (Å²) in [7, 11) is 0. The second-order valence-electron chi connectivity index (χ2n) is 3.59. The molecule has 0 N–H and O–H groups in total. The zero-order valence-corrected chi connectivity index (χ0v) is 10.6. The third-order valence-corrected chi connectivity index (χ3v) is 3.76. The van der Waals surface area contributed by atoms with Crippen LogP contribution in [0.3, 0.4) is 0 Å². The van der Waals surface area contributed by atoms with E-state index in [9.17, 15) is 0 Å². The fourth-order valence-electron chi connectivity index (χ4n) is 1.66. The lowest BCUT2D eigenvalue weighted by Gasteiger charge is -2.20. The van der Waals surface area contributed by atoms with Crippen LogP contribution < -0.4 is 0 Å². The molecule has 1 saturated carbocycles. The molecule has 3 atom stereocenters. The van der Waals surface area contributed by atoms with Gasteiger partial charge < -0.3 is 9.47 Å². The lowest BCUT2D eigenvalue weighted by atomic mass is 10.3. The normalized spacial score (nSPS) is 30.7. The fourth-order valence-corrected chi connectivity index (χ4v) is 2.63. The second-order valence-corrected chi connectivity index (χ2v) is 5.19. The number of hydrogen-bond donors (Lipinski definition) is 0. The maximum atomic E-state index is 5.89. The zero-order chi connectivity index (χ0) is 9.68. The molecule has 1 aliphatic rings. The van der Waals surface area contributed by atoms with E-state index in [2.05, 4.69) is 29.5 Å². The van der Waals surface area contributed by atoms with Gasteiger partial charge in [0, 0.05) is 10.5 Å². The van der Waals surface area contributed by atoms with Gasteiger partial charge in [0.15, 0.2) is 0 Å². The predicted molar refractivity (Wildman–Crippen MR) is 62.5 cm³/mol. The Morgan fingerprint density at radius 3 is 2.77 bits per heavy atom. The maximum absolute atomic E-state index is 5.89. The first-order valence-corrected chi connectivity index (χ1v) is 6.36. The molecule has 0 aliphatic heterocycles. The summed E-state index contributed by atoms with van der Waals surface area (Å²) < 4.78 is 11.9. The van der Waals surface area contributed by atoms with E-state index in [0.717, 1.165) is 13.2 Å². The highest BCUT2D eigenvalue weighted by Crippen LogP contribution is 2.29. The molecule has 3 unspecified atom stereocenters. The lowest BCUT2D eigenvalue weighted by molar-refractivity contribution is -0.0399. The molecular weight excluding hydrogens is 279 g/mol. The second kappa shape index (κ2) is 6.19. The smallest absolute Gasteiger partial charge is 0.0784 e. The van der Waals surface area contributed by atoms with Gasteiger partial charge in [0.25, 0.3) is 0 Å². The molecule has 0 radical (unpaired) electrons. The van der Waals surface area contributed by atoms with Crippen LogP contribution in [0.1, 0.15) is 33.1 Å². The van der Waals surface area contributed by atoms with E-state index in [0.29, 0.717) is 10.0 Å². The van der Waals surface area contributed by atoms with Crippen LogP contribution in [0.15, 0.2) is 0 Å². The van der Waals surface area contributed by atoms with Crippen molar-refractivity contribution in [1.29, 1.82) is 0 Å². The third kappa shape index (κ3) is 4.13. The van der Waals surface area contributed by atoms with Crippen molar-refractivity contribution in [3.63, 3.8) is 0 Å². The standard InChI is InChI=1S/C10H19IO2/c1-3-12-7-8(2)13-10-6-4-5-9(10)11/h8-10H,3-7H2,1-2H3. The fraction of sp³-hybridized carbons (Fsp3) is 1.00. The summed E-state index contributed by atoms with van der Waals surface area (Å²) in [6.45, 7) is 5.63. The monoisotopic (exact) mass is 298 g/mol. The average molecular weight is 298 g/mol. The van der Waals surface area contributed by atoms with E-state index in [1.165, 1.54) is 19.3 Å². The molecule has 1 aliphatic carbocycles. The minimum absolute atomic E-state index is 0.250. The number of hydrogen-bond acceptors (Lipinski definition) is 2. The van der Waals surface area contributed by atoms with Crippen molar-refractivity contribution in [2.75, 3.05) is 13.2 Å². The van der Waals surface area contributed by atoms with Gasteiger partial charge in [-0.2, -0.15) is 0 Å². The molecule has 0 saturated heterocycles. The van der Waals surface area contributed by atoms with Crippen molar-refractivity contribution >= 4 is 22.6 Å². The van der Waals surface area contributed by atoms with E-state index < -0.39 is 0 Å². The van der Waals surface area contributed by atoms with Crippen LogP contribution in [0.4, 0.5) is 0 Å². The molecule has 0 amide bonds. The minimum Gasteiger partial charge on any atom is -0.379 e. The Bertz CT molecular complexity index is 141. The molecule has 0 aromatic carbocycles. The van der Waals surface area contributed by atoms with Gasteiger partial charge in [-0.3, -0.25) is 0 Å². The zero-order valence-electron chi connectivity index (χ0n) is 8.46.